The van der Waals surface area contributed by atoms with E-state index in [1.54, 1.807) is 37.3 Å². The van der Waals surface area contributed by atoms with E-state index in [4.69, 9.17) is 10.00 Å². The minimum Gasteiger partial charge on any atom is -0.457 e. The predicted molar refractivity (Wildman–Crippen MR) is 118 cm³/mol. The van der Waals surface area contributed by atoms with Crippen LogP contribution in [0, 0.1) is 25.2 Å². The van der Waals surface area contributed by atoms with Crippen molar-refractivity contribution in [1.29, 1.82) is 5.26 Å². The maximum atomic E-state index is 14.9. The lowest BCUT2D eigenvalue weighted by Gasteiger charge is -2.36. The molecule has 0 unspecified atom stereocenters. The molecule has 4 rings (SSSR count). The highest BCUT2D eigenvalue weighted by Crippen LogP contribution is 2.30. The Balaban J connectivity index is 1.35. The summed E-state index contributed by atoms with van der Waals surface area (Å²) in [6, 6.07) is 9.62. The number of aliphatic hydroxyl groups excluding tert-OH is 1. The van der Waals surface area contributed by atoms with Crippen LogP contribution in [0.2, 0.25) is 0 Å². The number of aryl methyl sites for hydroxylation is 1. The zero-order valence-electron chi connectivity index (χ0n) is 18.6. The van der Waals surface area contributed by atoms with Crippen molar-refractivity contribution in [2.45, 2.75) is 45.2 Å². The molecular formula is C25H26FN3O4. The first kappa shape index (κ1) is 22.9. The number of ether oxygens (including phenoxy) is 1. The predicted octanol–water partition coefficient (Wildman–Crippen LogP) is 2.72. The summed E-state index contributed by atoms with van der Waals surface area (Å²) in [5.74, 6) is -0.719. The number of piperidine rings is 1. The summed E-state index contributed by atoms with van der Waals surface area (Å²) in [6.45, 7) is 4.69. The topological polar surface area (TPSA) is 103 Å². The molecule has 2 aromatic carbocycles. The van der Waals surface area contributed by atoms with E-state index in [0.29, 0.717) is 40.8 Å². The van der Waals surface area contributed by atoms with Crippen molar-refractivity contribution in [1.82, 2.24) is 10.2 Å². The summed E-state index contributed by atoms with van der Waals surface area (Å²) < 4.78 is 20.0. The van der Waals surface area contributed by atoms with Crippen molar-refractivity contribution in [3.8, 4) is 6.07 Å². The van der Waals surface area contributed by atoms with Gasteiger partial charge < -0.3 is 15.2 Å². The number of benzene rings is 2. The van der Waals surface area contributed by atoms with Crippen LogP contribution in [0.5, 0.6) is 0 Å². The minimum absolute atomic E-state index is 0.0972. The van der Waals surface area contributed by atoms with Crippen molar-refractivity contribution in [2.75, 3.05) is 19.6 Å². The van der Waals surface area contributed by atoms with Crippen LogP contribution in [-0.2, 0) is 11.3 Å². The summed E-state index contributed by atoms with van der Waals surface area (Å²) in [7, 11) is 0. The van der Waals surface area contributed by atoms with Crippen LogP contribution >= 0.6 is 0 Å². The van der Waals surface area contributed by atoms with Crippen LogP contribution in [-0.4, -0.2) is 53.7 Å². The van der Waals surface area contributed by atoms with Gasteiger partial charge in [-0.15, -0.1) is 0 Å². The summed E-state index contributed by atoms with van der Waals surface area (Å²) in [4.78, 5) is 26.1. The number of hydrogen-bond donors (Lipinski definition) is 2. The van der Waals surface area contributed by atoms with Crippen molar-refractivity contribution in [2.24, 2.45) is 0 Å². The first-order chi connectivity index (χ1) is 15.8. The summed E-state index contributed by atoms with van der Waals surface area (Å²) in [5.41, 5.74) is 4.44. The molecule has 2 N–H and O–H groups in total. The molecule has 2 heterocycles. The van der Waals surface area contributed by atoms with E-state index in [0.717, 1.165) is 11.1 Å². The average Bonchev–Trinajstić information content (AvgIpc) is 3.17. The first-order valence-electron chi connectivity index (χ1n) is 10.9. The van der Waals surface area contributed by atoms with Crippen LogP contribution in [0.4, 0.5) is 4.39 Å². The fourth-order valence-electron chi connectivity index (χ4n) is 4.55. The van der Waals surface area contributed by atoms with Gasteiger partial charge in [0.25, 0.3) is 5.91 Å². The molecule has 0 radical (unpaired) electrons. The molecule has 2 aliphatic heterocycles. The van der Waals surface area contributed by atoms with Crippen molar-refractivity contribution in [3.05, 3.63) is 69.3 Å². The Morgan fingerprint density at radius 2 is 2.15 bits per heavy atom. The van der Waals surface area contributed by atoms with Gasteiger partial charge in [-0.05, 0) is 61.2 Å². The van der Waals surface area contributed by atoms with E-state index in [9.17, 15) is 19.1 Å². The molecular weight excluding hydrogens is 425 g/mol. The number of β-amino-alcohol motifs (C(OH)–C–C–N with tert-alkyl or cyclic N) is 1. The molecule has 0 saturated carbocycles. The quantitative estimate of drug-likeness (QED) is 0.678. The number of nitrogens with one attached hydrogen (secondary N) is 1. The third kappa shape index (κ3) is 4.61. The standard InChI is InChI=1S/C25H26FN3O4/c1-14-9-16(3-4-17(14)10-27)24(31)28-22-7-8-29(11-21(22)26)12-23(30)18-5-6-19-20(15(18)2)13-33-25(19)32/h3-6,9,21-23,30H,7-8,11-13H2,1-2H3,(H,28,31)/t21-,22+,23+/m1/s1. The molecule has 0 bridgehead atoms. The minimum atomic E-state index is -1.28. The van der Waals surface area contributed by atoms with Gasteiger partial charge in [0.2, 0.25) is 0 Å². The molecule has 2 aromatic rings. The zero-order valence-corrected chi connectivity index (χ0v) is 18.6. The Labute approximate surface area is 191 Å². The number of alkyl halides is 1. The SMILES string of the molecule is Cc1cc(C(=O)N[C@H]2CCN(C[C@H](O)c3ccc4c(c3C)COC4=O)C[C@H]2F)ccc1C#N. The van der Waals surface area contributed by atoms with Crippen LogP contribution in [0.25, 0.3) is 0 Å². The Kier molecular flexibility index (Phi) is 6.45. The lowest BCUT2D eigenvalue weighted by molar-refractivity contribution is 0.0527. The van der Waals surface area contributed by atoms with Gasteiger partial charge in [0.15, 0.2) is 0 Å². The van der Waals surface area contributed by atoms with Gasteiger partial charge in [0, 0.05) is 30.8 Å². The highest BCUT2D eigenvalue weighted by Gasteiger charge is 2.32. The number of hydrogen-bond acceptors (Lipinski definition) is 6. The molecule has 172 valence electrons. The van der Waals surface area contributed by atoms with Gasteiger partial charge >= 0.3 is 5.97 Å². The van der Waals surface area contributed by atoms with Crippen LogP contribution in [0.1, 0.15) is 61.1 Å². The highest BCUT2D eigenvalue weighted by atomic mass is 19.1. The molecule has 1 saturated heterocycles. The number of carbonyl (C=O) groups is 2. The van der Waals surface area contributed by atoms with E-state index in [1.165, 1.54) is 0 Å². The second kappa shape index (κ2) is 9.30. The van der Waals surface area contributed by atoms with Gasteiger partial charge in [-0.1, -0.05) is 6.07 Å². The smallest absolute Gasteiger partial charge is 0.338 e. The van der Waals surface area contributed by atoms with E-state index >= 15 is 0 Å². The van der Waals surface area contributed by atoms with Crippen LogP contribution in [0.3, 0.4) is 0 Å². The molecule has 2 aliphatic rings. The summed E-state index contributed by atoms with van der Waals surface area (Å²) >= 11 is 0. The number of carbonyl (C=O) groups excluding carboxylic acids is 2. The summed E-state index contributed by atoms with van der Waals surface area (Å²) in [6.07, 6.45) is -1.69. The highest BCUT2D eigenvalue weighted by molar-refractivity contribution is 5.95. The number of esters is 1. The number of halogens is 1. The maximum absolute atomic E-state index is 14.9. The van der Waals surface area contributed by atoms with Crippen LogP contribution < -0.4 is 5.32 Å². The van der Waals surface area contributed by atoms with E-state index < -0.39 is 18.3 Å². The average molecular weight is 451 g/mol. The number of aliphatic hydroxyl groups is 1. The largest absolute Gasteiger partial charge is 0.457 e. The normalized spacial score (nSPS) is 21.1. The third-order valence-corrected chi connectivity index (χ3v) is 6.55. The second-order valence-corrected chi connectivity index (χ2v) is 8.68. The van der Waals surface area contributed by atoms with E-state index in [-0.39, 0.29) is 31.6 Å². The van der Waals surface area contributed by atoms with Gasteiger partial charge in [-0.3, -0.25) is 9.69 Å². The lowest BCUT2D eigenvalue weighted by Crippen LogP contribution is -2.53. The second-order valence-electron chi connectivity index (χ2n) is 8.68. The third-order valence-electron chi connectivity index (χ3n) is 6.55. The van der Waals surface area contributed by atoms with E-state index in [1.807, 2.05) is 11.8 Å². The zero-order chi connectivity index (χ0) is 23.7. The number of cyclic esters (lactones) is 1. The number of nitrogens with zero attached hydrogens (tertiary/aromatic N) is 2. The molecule has 7 nitrogen and oxygen atoms in total. The van der Waals surface area contributed by atoms with Gasteiger partial charge in [0.05, 0.1) is 29.3 Å². The van der Waals surface area contributed by atoms with Gasteiger partial charge in [-0.2, -0.15) is 5.26 Å². The molecule has 0 aromatic heterocycles. The number of amides is 1. The Hall–Kier alpha value is -3.28. The molecule has 33 heavy (non-hydrogen) atoms. The monoisotopic (exact) mass is 451 g/mol. The molecule has 1 amide bonds. The molecule has 0 spiro atoms. The number of likely N-dealkylation sites (tertiary alicyclic amines) is 1. The Morgan fingerprint density at radius 3 is 2.85 bits per heavy atom. The van der Waals surface area contributed by atoms with Crippen molar-refractivity contribution < 1.29 is 23.8 Å². The maximum Gasteiger partial charge on any atom is 0.338 e. The molecule has 0 aliphatic carbocycles. The van der Waals surface area contributed by atoms with Crippen molar-refractivity contribution in [3.63, 3.8) is 0 Å². The van der Waals surface area contributed by atoms with Gasteiger partial charge in [0.1, 0.15) is 12.8 Å². The fraction of sp³-hybridized carbons (Fsp3) is 0.400. The van der Waals surface area contributed by atoms with E-state index in [2.05, 4.69) is 11.4 Å². The van der Waals surface area contributed by atoms with Crippen molar-refractivity contribution >= 4 is 11.9 Å². The number of fused-ring (bicyclic) bond motifs is 1. The van der Waals surface area contributed by atoms with Gasteiger partial charge in [-0.25, -0.2) is 9.18 Å². The number of rotatable bonds is 5. The summed E-state index contributed by atoms with van der Waals surface area (Å²) in [5, 5.41) is 22.6. The first-order valence-corrected chi connectivity index (χ1v) is 10.9. The molecule has 1 fully saturated rings. The van der Waals surface area contributed by atoms with Crippen LogP contribution in [0.15, 0.2) is 30.3 Å². The molecule has 3 atom stereocenters. The Morgan fingerprint density at radius 1 is 1.36 bits per heavy atom. The Bertz CT molecular complexity index is 1140. The number of nitriles is 1. The lowest BCUT2D eigenvalue weighted by atomic mass is 9.94. The molecule has 8 heteroatoms. The fourth-order valence-corrected chi connectivity index (χ4v) is 4.55.